The van der Waals surface area contributed by atoms with Crippen LogP contribution in [0.25, 0.3) is 10.9 Å². The molecule has 7 heteroatoms. The van der Waals surface area contributed by atoms with Crippen LogP contribution in [0.2, 0.25) is 0 Å². The highest BCUT2D eigenvalue weighted by Crippen LogP contribution is 2.23. The number of aryl methyl sites for hydroxylation is 1. The lowest BCUT2D eigenvalue weighted by Crippen LogP contribution is -2.45. The minimum absolute atomic E-state index is 0.0326. The van der Waals surface area contributed by atoms with Gasteiger partial charge in [0.2, 0.25) is 5.91 Å². The van der Waals surface area contributed by atoms with E-state index in [-0.39, 0.29) is 17.9 Å². The number of hydrogen-bond acceptors (Lipinski definition) is 4. The Hall–Kier alpha value is -4.23. The zero-order valence-electron chi connectivity index (χ0n) is 23.8. The van der Waals surface area contributed by atoms with Crippen LogP contribution < -0.4 is 10.6 Å². The Morgan fingerprint density at radius 1 is 0.902 bits per heavy atom. The summed E-state index contributed by atoms with van der Waals surface area (Å²) >= 11 is 0. The van der Waals surface area contributed by atoms with Crippen LogP contribution in [0, 0.1) is 12.8 Å². The van der Waals surface area contributed by atoms with Gasteiger partial charge in [-0.15, -0.1) is 0 Å². The highest BCUT2D eigenvalue weighted by molar-refractivity contribution is 6.00. The van der Waals surface area contributed by atoms with E-state index >= 15 is 0 Å². The predicted octanol–water partition coefficient (Wildman–Crippen LogP) is 5.65. The van der Waals surface area contributed by atoms with Crippen LogP contribution >= 0.6 is 0 Å². The van der Waals surface area contributed by atoms with Crippen LogP contribution in [0.1, 0.15) is 29.7 Å². The third kappa shape index (κ3) is 7.92. The van der Waals surface area contributed by atoms with Gasteiger partial charge in [0.1, 0.15) is 0 Å². The Morgan fingerprint density at radius 3 is 2.29 bits per heavy atom. The molecule has 4 aromatic rings. The molecule has 0 unspecified atom stereocenters. The molecule has 1 saturated heterocycles. The number of pyridine rings is 1. The van der Waals surface area contributed by atoms with Crippen molar-refractivity contribution < 1.29 is 9.59 Å². The number of amides is 3. The average Bonchev–Trinajstić information content (AvgIpc) is 3.00. The Morgan fingerprint density at radius 2 is 1.56 bits per heavy atom. The summed E-state index contributed by atoms with van der Waals surface area (Å²) in [4.78, 5) is 35.2. The maximum atomic E-state index is 13.7. The maximum Gasteiger partial charge on any atom is 0.319 e. The number of para-hydroxylation sites is 1. The minimum Gasteiger partial charge on any atom is -0.338 e. The van der Waals surface area contributed by atoms with Crippen molar-refractivity contribution >= 4 is 28.5 Å². The number of hydrogen-bond donors (Lipinski definition) is 2. The molecule has 5 rings (SSSR count). The number of carbonyl (C=O) groups excluding carboxylic acids is 2. The van der Waals surface area contributed by atoms with Crippen molar-refractivity contribution in [3.63, 3.8) is 0 Å². The first-order chi connectivity index (χ1) is 20.0. The third-order valence-electron chi connectivity index (χ3n) is 7.78. The number of nitrogens with one attached hydrogen (secondary N) is 2. The Kier molecular flexibility index (Phi) is 9.60. The molecule has 1 fully saturated rings. The normalized spacial score (nSPS) is 14.1. The molecule has 41 heavy (non-hydrogen) atoms. The summed E-state index contributed by atoms with van der Waals surface area (Å²) in [6.07, 6.45) is 2.52. The second kappa shape index (κ2) is 13.9. The van der Waals surface area contributed by atoms with Crippen molar-refractivity contribution in [2.75, 3.05) is 38.0 Å². The second-order valence-electron chi connectivity index (χ2n) is 10.8. The second-order valence-corrected chi connectivity index (χ2v) is 10.8. The third-order valence-corrected chi connectivity index (χ3v) is 7.78. The summed E-state index contributed by atoms with van der Waals surface area (Å²) in [7, 11) is 0. The number of anilines is 1. The number of benzene rings is 3. The lowest BCUT2D eigenvalue weighted by atomic mass is 9.94. The van der Waals surface area contributed by atoms with E-state index in [2.05, 4.69) is 56.9 Å². The van der Waals surface area contributed by atoms with Gasteiger partial charge in [-0.05, 0) is 62.5 Å². The van der Waals surface area contributed by atoms with E-state index in [0.717, 1.165) is 66.7 Å². The number of carbonyl (C=O) groups is 2. The Labute approximate surface area is 242 Å². The molecule has 212 valence electrons. The molecule has 3 aromatic carbocycles. The molecule has 2 N–H and O–H groups in total. The van der Waals surface area contributed by atoms with Crippen molar-refractivity contribution in [2.24, 2.45) is 5.92 Å². The molecule has 1 aromatic heterocycles. The summed E-state index contributed by atoms with van der Waals surface area (Å²) < 4.78 is 0. The van der Waals surface area contributed by atoms with Crippen molar-refractivity contribution in [3.8, 4) is 0 Å². The van der Waals surface area contributed by atoms with Crippen molar-refractivity contribution in [2.45, 2.75) is 32.7 Å². The number of piperidine rings is 1. The van der Waals surface area contributed by atoms with Gasteiger partial charge in [-0.1, -0.05) is 78.9 Å². The summed E-state index contributed by atoms with van der Waals surface area (Å²) in [5.41, 5.74) is 4.89. The zero-order chi connectivity index (χ0) is 28.4. The smallest absolute Gasteiger partial charge is 0.319 e. The van der Waals surface area contributed by atoms with E-state index in [0.29, 0.717) is 19.6 Å². The van der Waals surface area contributed by atoms with Gasteiger partial charge >= 0.3 is 6.03 Å². The lowest BCUT2D eigenvalue weighted by molar-refractivity contribution is -0.137. The van der Waals surface area contributed by atoms with Crippen LogP contribution in [0.15, 0.2) is 91.0 Å². The number of aromatic nitrogens is 1. The van der Waals surface area contributed by atoms with E-state index in [1.54, 1.807) is 0 Å². The van der Waals surface area contributed by atoms with E-state index < -0.39 is 0 Å². The first-order valence-corrected chi connectivity index (χ1v) is 14.6. The summed E-state index contributed by atoms with van der Waals surface area (Å²) in [5.74, 6) is 0.284. The molecule has 0 bridgehead atoms. The fraction of sp³-hybridized carbons (Fsp3) is 0.324. The van der Waals surface area contributed by atoms with Gasteiger partial charge in [0.15, 0.2) is 0 Å². The van der Waals surface area contributed by atoms with E-state index in [4.69, 9.17) is 0 Å². The van der Waals surface area contributed by atoms with Crippen LogP contribution in [0.4, 0.5) is 10.5 Å². The van der Waals surface area contributed by atoms with Gasteiger partial charge < -0.3 is 20.4 Å². The summed E-state index contributed by atoms with van der Waals surface area (Å²) in [6, 6.07) is 30.1. The number of likely N-dealkylation sites (tertiary alicyclic amines) is 1. The number of fused-ring (bicyclic) bond motifs is 1. The molecule has 0 aliphatic carbocycles. The summed E-state index contributed by atoms with van der Waals surface area (Å²) in [6.45, 7) is 6.28. The van der Waals surface area contributed by atoms with Gasteiger partial charge in [0.05, 0.1) is 11.2 Å². The maximum absolute atomic E-state index is 13.7. The largest absolute Gasteiger partial charge is 0.338 e. The number of urea groups is 1. The predicted molar refractivity (Wildman–Crippen MR) is 165 cm³/mol. The zero-order valence-corrected chi connectivity index (χ0v) is 23.8. The van der Waals surface area contributed by atoms with Crippen molar-refractivity contribution in [1.82, 2.24) is 20.1 Å². The molecule has 2 heterocycles. The molecular weight excluding hydrogens is 510 g/mol. The minimum atomic E-state index is -0.221. The SMILES string of the molecule is Cc1cc(NC(=O)NCCN2CCC(C(=O)N(CCc3ccccc3)Cc3ccccc3)CC2)c2ccccc2n1. The monoisotopic (exact) mass is 549 g/mol. The van der Waals surface area contributed by atoms with Crippen LogP contribution in [-0.4, -0.2) is 59.4 Å². The molecular formula is C34H39N5O2. The number of nitrogens with zero attached hydrogens (tertiary/aromatic N) is 3. The Bertz CT molecular complexity index is 1440. The topological polar surface area (TPSA) is 77.6 Å². The molecule has 3 amide bonds. The van der Waals surface area contributed by atoms with Crippen LogP contribution in [-0.2, 0) is 17.8 Å². The van der Waals surface area contributed by atoms with Gasteiger partial charge in [0.25, 0.3) is 0 Å². The van der Waals surface area contributed by atoms with Crippen molar-refractivity contribution in [1.29, 1.82) is 0 Å². The standard InChI is InChI=1S/C34H39N5O2/c1-26-24-32(30-14-8-9-15-31(30)36-26)37-34(41)35-19-23-38-20-17-29(18-21-38)33(40)39(25-28-12-6-3-7-13-28)22-16-27-10-4-2-5-11-27/h2-15,24,29H,16-23,25H2,1H3,(H2,35,36,37,41). The molecule has 7 nitrogen and oxygen atoms in total. The average molecular weight is 550 g/mol. The first-order valence-electron chi connectivity index (χ1n) is 14.6. The molecule has 0 radical (unpaired) electrons. The Balaban J connectivity index is 1.09. The summed E-state index contributed by atoms with van der Waals surface area (Å²) in [5, 5.41) is 6.89. The highest BCUT2D eigenvalue weighted by atomic mass is 16.2. The van der Waals surface area contributed by atoms with Gasteiger partial charge in [-0.3, -0.25) is 9.78 Å². The fourth-order valence-electron chi connectivity index (χ4n) is 5.55. The molecule has 1 aliphatic rings. The van der Waals surface area contributed by atoms with E-state index in [1.807, 2.05) is 66.4 Å². The van der Waals surface area contributed by atoms with E-state index in [1.165, 1.54) is 5.56 Å². The first kappa shape index (κ1) is 28.3. The van der Waals surface area contributed by atoms with Gasteiger partial charge in [-0.2, -0.15) is 0 Å². The van der Waals surface area contributed by atoms with Crippen molar-refractivity contribution in [3.05, 3.63) is 108 Å². The van der Waals surface area contributed by atoms with Crippen LogP contribution in [0.3, 0.4) is 0 Å². The molecule has 1 aliphatic heterocycles. The highest BCUT2D eigenvalue weighted by Gasteiger charge is 2.28. The number of rotatable bonds is 10. The van der Waals surface area contributed by atoms with Gasteiger partial charge in [-0.25, -0.2) is 4.79 Å². The molecule has 0 saturated carbocycles. The molecule has 0 atom stereocenters. The lowest BCUT2D eigenvalue weighted by Gasteiger charge is -2.34. The van der Waals surface area contributed by atoms with E-state index in [9.17, 15) is 9.59 Å². The molecule has 0 spiro atoms. The van der Waals surface area contributed by atoms with Gasteiger partial charge in [0, 0.05) is 43.2 Å². The van der Waals surface area contributed by atoms with Crippen LogP contribution in [0.5, 0.6) is 0 Å². The fourth-order valence-corrected chi connectivity index (χ4v) is 5.55. The quantitative estimate of drug-likeness (QED) is 0.268.